The fourth-order valence-electron chi connectivity index (χ4n) is 1.98. The zero-order chi connectivity index (χ0) is 11.5. The Kier molecular flexibility index (Phi) is 3.50. The normalized spacial score (nSPS) is 11.7. The first kappa shape index (κ1) is 11.8. The van der Waals surface area contributed by atoms with Crippen LogP contribution in [0.1, 0.15) is 39.4 Å². The first-order valence-electron chi connectivity index (χ1n) is 5.38. The molecule has 1 aromatic heterocycles. The number of aromatic nitrogens is 2. The number of aliphatic carboxylic acids is 1. The lowest BCUT2D eigenvalue weighted by Gasteiger charge is -2.30. The predicted molar refractivity (Wildman–Crippen MR) is 57.8 cm³/mol. The molecule has 0 radical (unpaired) electrons. The van der Waals surface area contributed by atoms with Crippen LogP contribution in [-0.2, 0) is 16.8 Å². The van der Waals surface area contributed by atoms with Gasteiger partial charge in [0.15, 0.2) is 0 Å². The van der Waals surface area contributed by atoms with E-state index in [2.05, 4.69) is 4.98 Å². The second-order valence-corrected chi connectivity index (χ2v) is 3.61. The highest BCUT2D eigenvalue weighted by atomic mass is 16.4. The number of carboxylic acid groups (broad SMARTS) is 1. The molecule has 0 fully saturated rings. The van der Waals surface area contributed by atoms with Crippen molar-refractivity contribution in [2.75, 3.05) is 0 Å². The van der Waals surface area contributed by atoms with Crippen molar-refractivity contribution in [3.63, 3.8) is 0 Å². The molecule has 0 aliphatic carbocycles. The molecule has 15 heavy (non-hydrogen) atoms. The second kappa shape index (κ2) is 4.47. The Hall–Kier alpha value is -1.32. The van der Waals surface area contributed by atoms with E-state index in [9.17, 15) is 9.90 Å². The molecule has 84 valence electrons. The Morgan fingerprint density at radius 2 is 2.07 bits per heavy atom. The molecule has 1 heterocycles. The molecule has 0 saturated heterocycles. The summed E-state index contributed by atoms with van der Waals surface area (Å²) in [6.07, 6.45) is 5.33. The van der Waals surface area contributed by atoms with E-state index < -0.39 is 11.5 Å². The van der Waals surface area contributed by atoms with Crippen molar-refractivity contribution in [1.82, 2.24) is 9.55 Å². The van der Waals surface area contributed by atoms with Crippen molar-refractivity contribution in [3.05, 3.63) is 18.2 Å². The molecule has 0 spiro atoms. The third-order valence-corrected chi connectivity index (χ3v) is 3.06. The standard InChI is InChI=1S/C11H18N2O2/c1-4-9-12-7-8-13(9)11(5-2,6-3)10(14)15/h7-8H,4-6H2,1-3H3,(H,14,15). The number of hydrogen-bond acceptors (Lipinski definition) is 2. The third-order valence-electron chi connectivity index (χ3n) is 3.06. The van der Waals surface area contributed by atoms with Gasteiger partial charge in [0.05, 0.1) is 0 Å². The van der Waals surface area contributed by atoms with E-state index >= 15 is 0 Å². The van der Waals surface area contributed by atoms with Crippen LogP contribution in [-0.4, -0.2) is 20.6 Å². The van der Waals surface area contributed by atoms with Gasteiger partial charge in [0.2, 0.25) is 0 Å². The van der Waals surface area contributed by atoms with E-state index in [0.29, 0.717) is 12.8 Å². The fraction of sp³-hybridized carbons (Fsp3) is 0.636. The highest BCUT2D eigenvalue weighted by molar-refractivity contribution is 5.76. The van der Waals surface area contributed by atoms with Gasteiger partial charge in [-0.05, 0) is 12.8 Å². The third kappa shape index (κ3) is 1.76. The van der Waals surface area contributed by atoms with E-state index in [-0.39, 0.29) is 0 Å². The Balaban J connectivity index is 3.25. The van der Waals surface area contributed by atoms with Gasteiger partial charge in [-0.2, -0.15) is 0 Å². The second-order valence-electron chi connectivity index (χ2n) is 3.61. The van der Waals surface area contributed by atoms with Gasteiger partial charge < -0.3 is 9.67 Å². The summed E-state index contributed by atoms with van der Waals surface area (Å²) in [6, 6.07) is 0. The molecule has 1 aromatic rings. The maximum atomic E-state index is 11.4. The molecule has 4 heteroatoms. The van der Waals surface area contributed by atoms with Gasteiger partial charge in [0.1, 0.15) is 11.4 Å². The molecule has 0 bridgehead atoms. The number of nitrogens with zero attached hydrogens (tertiary/aromatic N) is 2. The van der Waals surface area contributed by atoms with E-state index in [1.54, 1.807) is 17.0 Å². The van der Waals surface area contributed by atoms with Crippen molar-refractivity contribution in [3.8, 4) is 0 Å². The molecule has 0 amide bonds. The molecular formula is C11H18N2O2. The van der Waals surface area contributed by atoms with Crippen molar-refractivity contribution >= 4 is 5.97 Å². The highest BCUT2D eigenvalue weighted by Gasteiger charge is 2.37. The molecule has 1 rings (SSSR count). The minimum Gasteiger partial charge on any atom is -0.479 e. The smallest absolute Gasteiger partial charge is 0.329 e. The fourth-order valence-corrected chi connectivity index (χ4v) is 1.98. The Morgan fingerprint density at radius 1 is 1.47 bits per heavy atom. The number of rotatable bonds is 5. The average molecular weight is 210 g/mol. The largest absolute Gasteiger partial charge is 0.479 e. The minimum atomic E-state index is -0.832. The van der Waals surface area contributed by atoms with E-state index in [0.717, 1.165) is 12.2 Å². The van der Waals surface area contributed by atoms with Gasteiger partial charge in [-0.3, -0.25) is 0 Å². The van der Waals surface area contributed by atoms with Crippen LogP contribution in [0.15, 0.2) is 12.4 Å². The summed E-state index contributed by atoms with van der Waals surface area (Å²) in [5.41, 5.74) is -0.832. The molecule has 4 nitrogen and oxygen atoms in total. The van der Waals surface area contributed by atoms with E-state index in [1.807, 2.05) is 20.8 Å². The Bertz CT molecular complexity index is 340. The van der Waals surface area contributed by atoms with Crippen LogP contribution in [0, 0.1) is 0 Å². The summed E-state index contributed by atoms with van der Waals surface area (Å²) in [6.45, 7) is 5.78. The molecule has 0 unspecified atom stereocenters. The first-order chi connectivity index (χ1) is 7.12. The maximum absolute atomic E-state index is 11.4. The van der Waals surface area contributed by atoms with Gasteiger partial charge in [-0.1, -0.05) is 20.8 Å². The average Bonchev–Trinajstić information content (AvgIpc) is 2.69. The summed E-state index contributed by atoms with van der Waals surface area (Å²) in [4.78, 5) is 15.6. The molecule has 0 aliphatic heterocycles. The van der Waals surface area contributed by atoms with E-state index in [1.165, 1.54) is 0 Å². The van der Waals surface area contributed by atoms with Crippen molar-refractivity contribution in [1.29, 1.82) is 0 Å². The van der Waals surface area contributed by atoms with Crippen molar-refractivity contribution in [2.45, 2.75) is 45.6 Å². The molecule has 1 N–H and O–H groups in total. The molecular weight excluding hydrogens is 192 g/mol. The van der Waals surface area contributed by atoms with Gasteiger partial charge >= 0.3 is 5.97 Å². The molecule has 0 atom stereocenters. The monoisotopic (exact) mass is 210 g/mol. The van der Waals surface area contributed by atoms with Gasteiger partial charge in [0.25, 0.3) is 0 Å². The van der Waals surface area contributed by atoms with Crippen molar-refractivity contribution < 1.29 is 9.90 Å². The summed E-state index contributed by atoms with van der Waals surface area (Å²) in [5.74, 6) is 0.0568. The first-order valence-corrected chi connectivity index (χ1v) is 5.38. The lowest BCUT2D eigenvalue weighted by molar-refractivity contribution is -0.148. The van der Waals surface area contributed by atoms with Gasteiger partial charge in [0, 0.05) is 18.8 Å². The van der Waals surface area contributed by atoms with Crippen LogP contribution in [0.4, 0.5) is 0 Å². The van der Waals surface area contributed by atoms with Crippen molar-refractivity contribution in [2.24, 2.45) is 0 Å². The maximum Gasteiger partial charge on any atom is 0.329 e. The Morgan fingerprint density at radius 3 is 2.47 bits per heavy atom. The van der Waals surface area contributed by atoms with Crippen LogP contribution < -0.4 is 0 Å². The zero-order valence-electron chi connectivity index (χ0n) is 9.53. The molecule has 0 aliphatic rings. The SMILES string of the molecule is CCc1nccn1C(CC)(CC)C(=O)O. The summed E-state index contributed by atoms with van der Waals surface area (Å²) in [7, 11) is 0. The Labute approximate surface area is 89.9 Å². The topological polar surface area (TPSA) is 55.1 Å². The van der Waals surface area contributed by atoms with E-state index in [4.69, 9.17) is 0 Å². The predicted octanol–water partition coefficient (Wildman–Crippen LogP) is 2.05. The van der Waals surface area contributed by atoms with Gasteiger partial charge in [-0.25, -0.2) is 9.78 Å². The lowest BCUT2D eigenvalue weighted by atomic mass is 9.92. The number of imidazole rings is 1. The zero-order valence-corrected chi connectivity index (χ0v) is 9.53. The summed E-state index contributed by atoms with van der Waals surface area (Å²) in [5, 5.41) is 9.37. The number of carboxylic acids is 1. The van der Waals surface area contributed by atoms with Crippen LogP contribution in [0.5, 0.6) is 0 Å². The quantitative estimate of drug-likeness (QED) is 0.809. The highest BCUT2D eigenvalue weighted by Crippen LogP contribution is 2.27. The van der Waals surface area contributed by atoms with Crippen LogP contribution in [0.2, 0.25) is 0 Å². The van der Waals surface area contributed by atoms with Crippen LogP contribution in [0.25, 0.3) is 0 Å². The molecule has 0 aromatic carbocycles. The van der Waals surface area contributed by atoms with Crippen LogP contribution >= 0.6 is 0 Å². The summed E-state index contributed by atoms with van der Waals surface area (Å²) < 4.78 is 1.80. The molecule has 0 saturated carbocycles. The van der Waals surface area contributed by atoms with Gasteiger partial charge in [-0.15, -0.1) is 0 Å². The summed E-state index contributed by atoms with van der Waals surface area (Å²) >= 11 is 0. The number of carbonyl (C=O) groups is 1. The number of aryl methyl sites for hydroxylation is 1. The number of hydrogen-bond donors (Lipinski definition) is 1. The lowest BCUT2D eigenvalue weighted by Crippen LogP contribution is -2.41. The van der Waals surface area contributed by atoms with Crippen LogP contribution in [0.3, 0.4) is 0 Å². The minimum absolute atomic E-state index is 0.572.